The van der Waals surface area contributed by atoms with Crippen LogP contribution in [0, 0.1) is 22.7 Å². The maximum Gasteiger partial charge on any atom is 0.337 e. The molecule has 7 nitrogen and oxygen atoms in total. The summed E-state index contributed by atoms with van der Waals surface area (Å²) in [6.07, 6.45) is 0. The van der Waals surface area contributed by atoms with Gasteiger partial charge in [0.25, 0.3) is 0 Å². The summed E-state index contributed by atoms with van der Waals surface area (Å²) in [4.78, 5) is 10.6. The van der Waals surface area contributed by atoms with Crippen LogP contribution in [0.15, 0.2) is 29.2 Å². The average Bonchev–Trinajstić information content (AvgIpc) is 2.38. The summed E-state index contributed by atoms with van der Waals surface area (Å²) in [5.41, 5.74) is -0.400. The molecule has 98 valence electrons. The lowest BCUT2D eigenvalue weighted by Gasteiger charge is -2.17. The second kappa shape index (κ2) is 5.96. The first-order valence-electron chi connectivity index (χ1n) is 5.01. The Morgan fingerprint density at radius 1 is 1.21 bits per heavy atom. The number of carboxylic acids is 1. The number of rotatable bonds is 5. The van der Waals surface area contributed by atoms with Gasteiger partial charge in [0.1, 0.15) is 13.1 Å². The van der Waals surface area contributed by atoms with Gasteiger partial charge >= 0.3 is 5.97 Å². The second-order valence-corrected chi connectivity index (χ2v) is 5.30. The molecule has 0 aliphatic carbocycles. The van der Waals surface area contributed by atoms with E-state index in [-0.39, 0.29) is 0 Å². The van der Waals surface area contributed by atoms with Gasteiger partial charge in [-0.25, -0.2) is 13.2 Å². The van der Waals surface area contributed by atoms with Crippen molar-refractivity contribution < 1.29 is 18.3 Å². The Kier molecular flexibility index (Phi) is 4.59. The number of carbonyl (C=O) groups is 1. The third-order valence-corrected chi connectivity index (χ3v) is 4.08. The zero-order valence-corrected chi connectivity index (χ0v) is 10.5. The number of hydrogen-bond donors (Lipinski definition) is 1. The van der Waals surface area contributed by atoms with E-state index in [1.54, 1.807) is 12.1 Å². The fraction of sp³-hybridized carbons (Fsp3) is 0.182. The van der Waals surface area contributed by atoms with E-state index >= 15 is 0 Å². The molecule has 1 N–H and O–H groups in total. The molecule has 19 heavy (non-hydrogen) atoms. The molecule has 8 heteroatoms. The van der Waals surface area contributed by atoms with Crippen molar-refractivity contribution in [3.8, 4) is 12.1 Å². The largest absolute Gasteiger partial charge is 0.478 e. The lowest BCUT2D eigenvalue weighted by atomic mass is 10.2. The molecule has 0 aliphatic rings. The molecule has 0 aromatic heterocycles. The molecule has 0 spiro atoms. The number of nitrogens with zero attached hydrogens (tertiary/aromatic N) is 3. The fourth-order valence-corrected chi connectivity index (χ4v) is 2.81. The quantitative estimate of drug-likeness (QED) is 0.779. The highest BCUT2D eigenvalue weighted by molar-refractivity contribution is 7.89. The molecule has 0 aliphatic heterocycles. The summed E-state index contributed by atoms with van der Waals surface area (Å²) < 4.78 is 25.0. The van der Waals surface area contributed by atoms with Crippen LogP contribution in [0.3, 0.4) is 0 Å². The van der Waals surface area contributed by atoms with Crippen LogP contribution in [0.2, 0.25) is 0 Å². The van der Waals surface area contributed by atoms with Crippen LogP contribution in [0.1, 0.15) is 10.4 Å². The first kappa shape index (κ1) is 14.6. The molecule has 0 atom stereocenters. The molecule has 0 unspecified atom stereocenters. The van der Waals surface area contributed by atoms with Crippen LogP contribution in [0.5, 0.6) is 0 Å². The van der Waals surface area contributed by atoms with Crippen LogP contribution >= 0.6 is 0 Å². The topological polar surface area (TPSA) is 122 Å². The van der Waals surface area contributed by atoms with Gasteiger partial charge < -0.3 is 5.11 Å². The van der Waals surface area contributed by atoms with Gasteiger partial charge in [0.15, 0.2) is 0 Å². The smallest absolute Gasteiger partial charge is 0.337 e. The Morgan fingerprint density at radius 2 is 1.74 bits per heavy atom. The summed E-state index contributed by atoms with van der Waals surface area (Å²) in [6.45, 7) is -1.05. The van der Waals surface area contributed by atoms with Gasteiger partial charge in [-0.15, -0.1) is 0 Å². The number of benzene rings is 1. The van der Waals surface area contributed by atoms with E-state index in [0.717, 1.165) is 12.1 Å². The van der Waals surface area contributed by atoms with Gasteiger partial charge in [0, 0.05) is 0 Å². The summed E-state index contributed by atoms with van der Waals surface area (Å²) in [5, 5.41) is 26.1. The average molecular weight is 279 g/mol. The minimum absolute atomic E-state index is 0.400. The van der Waals surface area contributed by atoms with Crippen LogP contribution < -0.4 is 0 Å². The van der Waals surface area contributed by atoms with Gasteiger partial charge in [0.05, 0.1) is 22.6 Å². The first-order valence-corrected chi connectivity index (χ1v) is 6.45. The third-order valence-electron chi connectivity index (χ3n) is 2.23. The molecular weight excluding hydrogens is 270 g/mol. The van der Waals surface area contributed by atoms with Gasteiger partial charge in [0.2, 0.25) is 10.0 Å². The van der Waals surface area contributed by atoms with Gasteiger partial charge in [-0.05, 0) is 12.1 Å². The van der Waals surface area contributed by atoms with Crippen LogP contribution in [0.4, 0.5) is 0 Å². The van der Waals surface area contributed by atoms with Crippen molar-refractivity contribution in [3.63, 3.8) is 0 Å². The summed E-state index contributed by atoms with van der Waals surface area (Å²) >= 11 is 0. The Morgan fingerprint density at radius 3 is 2.21 bits per heavy atom. The normalized spacial score (nSPS) is 10.7. The molecule has 0 saturated heterocycles. The molecule has 1 aromatic rings. The van der Waals surface area contributed by atoms with Gasteiger partial charge in [-0.1, -0.05) is 12.1 Å². The van der Waals surface area contributed by atoms with Crippen molar-refractivity contribution in [2.45, 2.75) is 4.90 Å². The highest BCUT2D eigenvalue weighted by Crippen LogP contribution is 2.19. The summed E-state index contributed by atoms with van der Waals surface area (Å²) in [5.74, 6) is -1.40. The monoisotopic (exact) mass is 279 g/mol. The number of sulfonamides is 1. The lowest BCUT2D eigenvalue weighted by molar-refractivity contribution is 0.0692. The number of nitriles is 2. The Balaban J connectivity index is 3.39. The lowest BCUT2D eigenvalue weighted by Crippen LogP contribution is -2.32. The van der Waals surface area contributed by atoms with Crippen LogP contribution in [0.25, 0.3) is 0 Å². The molecule has 0 radical (unpaired) electrons. The second-order valence-electron chi connectivity index (χ2n) is 3.39. The fourth-order valence-electron chi connectivity index (χ4n) is 1.39. The third kappa shape index (κ3) is 3.07. The molecule has 0 saturated carbocycles. The van der Waals surface area contributed by atoms with Crippen molar-refractivity contribution in [1.29, 1.82) is 10.5 Å². The number of aromatic carboxylic acids is 1. The molecule has 0 heterocycles. The maximum atomic E-state index is 12.2. The van der Waals surface area contributed by atoms with Crippen molar-refractivity contribution in [1.82, 2.24) is 4.31 Å². The predicted molar refractivity (Wildman–Crippen MR) is 63.4 cm³/mol. The number of carboxylic acid groups (broad SMARTS) is 1. The van der Waals surface area contributed by atoms with Crippen molar-refractivity contribution in [3.05, 3.63) is 29.8 Å². The number of hydrogen-bond acceptors (Lipinski definition) is 5. The SMILES string of the molecule is N#CCN(CC#N)S(=O)(=O)c1ccccc1C(=O)O. The Bertz CT molecular complexity index is 654. The minimum atomic E-state index is -4.19. The molecule has 0 bridgehead atoms. The van der Waals surface area contributed by atoms with Gasteiger partial charge in [-0.2, -0.15) is 14.8 Å². The zero-order chi connectivity index (χ0) is 14.5. The van der Waals surface area contributed by atoms with Crippen molar-refractivity contribution >= 4 is 16.0 Å². The van der Waals surface area contributed by atoms with E-state index in [9.17, 15) is 13.2 Å². The molecular formula is C11H9N3O4S. The van der Waals surface area contributed by atoms with Crippen LogP contribution in [-0.4, -0.2) is 36.9 Å². The van der Waals surface area contributed by atoms with E-state index in [1.807, 2.05) is 0 Å². The highest BCUT2D eigenvalue weighted by Gasteiger charge is 2.28. The van der Waals surface area contributed by atoms with Crippen LogP contribution in [-0.2, 0) is 10.0 Å². The molecule has 1 rings (SSSR count). The van der Waals surface area contributed by atoms with Gasteiger partial charge in [-0.3, -0.25) is 0 Å². The van der Waals surface area contributed by atoms with E-state index in [2.05, 4.69) is 0 Å². The van der Waals surface area contributed by atoms with Crippen molar-refractivity contribution in [2.24, 2.45) is 0 Å². The molecule has 0 fully saturated rings. The van der Waals surface area contributed by atoms with E-state index < -0.39 is 39.5 Å². The van der Waals surface area contributed by atoms with E-state index in [0.29, 0.717) is 4.31 Å². The Hall–Kier alpha value is -2.42. The van der Waals surface area contributed by atoms with Crippen molar-refractivity contribution in [2.75, 3.05) is 13.1 Å². The maximum absolute atomic E-state index is 12.2. The van der Waals surface area contributed by atoms with E-state index in [4.69, 9.17) is 15.6 Å². The van der Waals surface area contributed by atoms with E-state index in [1.165, 1.54) is 12.1 Å². The molecule has 1 aromatic carbocycles. The summed E-state index contributed by atoms with van der Waals surface area (Å²) in [7, 11) is -4.19. The molecule has 0 amide bonds. The predicted octanol–water partition coefficient (Wildman–Crippen LogP) is 0.423. The zero-order valence-electron chi connectivity index (χ0n) is 9.65. The standard InChI is InChI=1S/C11H9N3O4S/c12-5-7-14(8-6-13)19(17,18)10-4-2-1-3-9(10)11(15)16/h1-4H,7-8H2,(H,15,16). The highest BCUT2D eigenvalue weighted by atomic mass is 32.2. The Labute approximate surface area is 110 Å². The first-order chi connectivity index (χ1) is 8.95. The minimum Gasteiger partial charge on any atom is -0.478 e. The summed E-state index contributed by atoms with van der Waals surface area (Å²) in [6, 6.07) is 8.28.